The van der Waals surface area contributed by atoms with Crippen LogP contribution in [0.2, 0.25) is 0 Å². The normalized spacial score (nSPS) is 31.5. The van der Waals surface area contributed by atoms with Gasteiger partial charge in [-0.05, 0) is 18.3 Å². The van der Waals surface area contributed by atoms with Gasteiger partial charge >= 0.3 is 0 Å². The van der Waals surface area contributed by atoms with Crippen molar-refractivity contribution in [2.24, 2.45) is 16.1 Å². The SMILES string of the molecule is CC1(C)CCCN2C(N)=NC(=O)C21. The fraction of sp³-hybridized carbons (Fsp3) is 0.778. The highest BCUT2D eigenvalue weighted by molar-refractivity contribution is 6.02. The first kappa shape index (κ1) is 8.53. The lowest BCUT2D eigenvalue weighted by atomic mass is 9.76. The van der Waals surface area contributed by atoms with E-state index in [4.69, 9.17) is 5.73 Å². The highest BCUT2D eigenvalue weighted by Gasteiger charge is 2.46. The van der Waals surface area contributed by atoms with Crippen LogP contribution >= 0.6 is 0 Å². The number of carbonyl (C=O) groups is 1. The van der Waals surface area contributed by atoms with Crippen molar-refractivity contribution in [2.75, 3.05) is 6.54 Å². The molecule has 1 fully saturated rings. The number of nitrogens with zero attached hydrogens (tertiary/aromatic N) is 2. The van der Waals surface area contributed by atoms with Crippen LogP contribution in [0.15, 0.2) is 4.99 Å². The van der Waals surface area contributed by atoms with Gasteiger partial charge in [0.25, 0.3) is 5.91 Å². The lowest BCUT2D eigenvalue weighted by Gasteiger charge is -2.41. The van der Waals surface area contributed by atoms with Crippen molar-refractivity contribution in [2.45, 2.75) is 32.7 Å². The molecule has 2 aliphatic heterocycles. The molecule has 2 aliphatic rings. The number of nitrogens with two attached hydrogens (primary N) is 1. The van der Waals surface area contributed by atoms with Gasteiger partial charge in [0, 0.05) is 6.54 Å². The molecular formula is C9H15N3O. The predicted molar refractivity (Wildman–Crippen MR) is 50.1 cm³/mol. The molecule has 2 heterocycles. The fourth-order valence-corrected chi connectivity index (χ4v) is 2.35. The molecule has 4 heteroatoms. The molecule has 0 aliphatic carbocycles. The average Bonchev–Trinajstić information content (AvgIpc) is 2.27. The summed E-state index contributed by atoms with van der Waals surface area (Å²) in [5, 5.41) is 0. The Bertz CT molecular complexity index is 283. The Kier molecular flexibility index (Phi) is 1.62. The molecule has 1 amide bonds. The van der Waals surface area contributed by atoms with Crippen LogP contribution in [0.5, 0.6) is 0 Å². The van der Waals surface area contributed by atoms with Crippen molar-refractivity contribution in [3.8, 4) is 0 Å². The topological polar surface area (TPSA) is 58.7 Å². The Hall–Kier alpha value is -1.06. The summed E-state index contributed by atoms with van der Waals surface area (Å²) < 4.78 is 0. The highest BCUT2D eigenvalue weighted by atomic mass is 16.2. The van der Waals surface area contributed by atoms with Crippen LogP contribution < -0.4 is 5.73 Å². The van der Waals surface area contributed by atoms with Gasteiger partial charge in [-0.3, -0.25) is 4.79 Å². The van der Waals surface area contributed by atoms with E-state index in [0.29, 0.717) is 5.96 Å². The molecule has 0 spiro atoms. The Balaban J connectivity index is 2.32. The zero-order valence-corrected chi connectivity index (χ0v) is 8.08. The highest BCUT2D eigenvalue weighted by Crippen LogP contribution is 2.37. The molecule has 0 aromatic heterocycles. The molecule has 0 aromatic rings. The summed E-state index contributed by atoms with van der Waals surface area (Å²) in [6.07, 6.45) is 2.16. The van der Waals surface area contributed by atoms with Crippen molar-refractivity contribution in [3.63, 3.8) is 0 Å². The molecule has 1 unspecified atom stereocenters. The second-order valence-corrected chi connectivity index (χ2v) is 4.50. The van der Waals surface area contributed by atoms with Crippen LogP contribution in [0.1, 0.15) is 26.7 Å². The summed E-state index contributed by atoms with van der Waals surface area (Å²) in [4.78, 5) is 17.3. The molecule has 2 N–H and O–H groups in total. The third-order valence-corrected chi connectivity index (χ3v) is 3.02. The van der Waals surface area contributed by atoms with Gasteiger partial charge in [0.1, 0.15) is 6.04 Å². The number of piperidine rings is 1. The molecule has 4 nitrogen and oxygen atoms in total. The number of amides is 1. The first-order valence-electron chi connectivity index (χ1n) is 4.67. The van der Waals surface area contributed by atoms with Crippen molar-refractivity contribution >= 4 is 11.9 Å². The standard InChI is InChI=1S/C9H15N3O/c1-9(2)4-3-5-12-6(9)7(13)11-8(12)10/h6H,3-5H2,1-2H3,(H2,10,11,13). The Morgan fingerprint density at radius 1 is 1.62 bits per heavy atom. The maximum absolute atomic E-state index is 11.5. The molecule has 0 bridgehead atoms. The third kappa shape index (κ3) is 1.12. The zero-order chi connectivity index (χ0) is 9.64. The average molecular weight is 181 g/mol. The van der Waals surface area contributed by atoms with Crippen LogP contribution in [-0.2, 0) is 4.79 Å². The molecule has 0 radical (unpaired) electrons. The maximum Gasteiger partial charge on any atom is 0.272 e. The van der Waals surface area contributed by atoms with Gasteiger partial charge in [-0.1, -0.05) is 13.8 Å². The van der Waals surface area contributed by atoms with Gasteiger partial charge in [-0.15, -0.1) is 0 Å². The Morgan fingerprint density at radius 3 is 2.92 bits per heavy atom. The van der Waals surface area contributed by atoms with Crippen LogP contribution in [0.4, 0.5) is 0 Å². The number of rotatable bonds is 0. The number of guanidine groups is 1. The van der Waals surface area contributed by atoms with Crippen LogP contribution in [0.25, 0.3) is 0 Å². The molecule has 0 aromatic carbocycles. The minimum absolute atomic E-state index is 0.0138. The number of hydrogen-bond donors (Lipinski definition) is 1. The summed E-state index contributed by atoms with van der Waals surface area (Å²) in [7, 11) is 0. The zero-order valence-electron chi connectivity index (χ0n) is 8.08. The van der Waals surface area contributed by atoms with E-state index >= 15 is 0 Å². The number of hydrogen-bond acceptors (Lipinski definition) is 3. The van der Waals surface area contributed by atoms with Crippen molar-refractivity contribution in [3.05, 3.63) is 0 Å². The third-order valence-electron chi connectivity index (χ3n) is 3.02. The van der Waals surface area contributed by atoms with Gasteiger partial charge in [0.05, 0.1) is 0 Å². The molecule has 1 atom stereocenters. The van der Waals surface area contributed by atoms with Crippen LogP contribution in [0, 0.1) is 5.41 Å². The van der Waals surface area contributed by atoms with Crippen LogP contribution in [-0.4, -0.2) is 29.4 Å². The van der Waals surface area contributed by atoms with E-state index in [1.54, 1.807) is 0 Å². The molecule has 72 valence electrons. The van der Waals surface area contributed by atoms with E-state index in [9.17, 15) is 4.79 Å². The molecule has 0 saturated carbocycles. The van der Waals surface area contributed by atoms with E-state index in [2.05, 4.69) is 18.8 Å². The first-order valence-corrected chi connectivity index (χ1v) is 4.67. The first-order chi connectivity index (χ1) is 6.02. The summed E-state index contributed by atoms with van der Waals surface area (Å²) in [6.45, 7) is 5.08. The summed E-state index contributed by atoms with van der Waals surface area (Å²) in [5.41, 5.74) is 5.67. The largest absolute Gasteiger partial charge is 0.369 e. The van der Waals surface area contributed by atoms with E-state index in [-0.39, 0.29) is 17.4 Å². The molecular weight excluding hydrogens is 166 g/mol. The lowest BCUT2D eigenvalue weighted by Crippen LogP contribution is -2.53. The number of fused-ring (bicyclic) bond motifs is 1. The minimum atomic E-state index is -0.110. The fourth-order valence-electron chi connectivity index (χ4n) is 2.35. The van der Waals surface area contributed by atoms with E-state index in [0.717, 1.165) is 19.4 Å². The van der Waals surface area contributed by atoms with Crippen LogP contribution in [0.3, 0.4) is 0 Å². The van der Waals surface area contributed by atoms with E-state index < -0.39 is 0 Å². The quantitative estimate of drug-likeness (QED) is 0.586. The summed E-state index contributed by atoms with van der Waals surface area (Å²) in [5.74, 6) is 0.338. The predicted octanol–water partition coefficient (Wildman–Crippen LogP) is 0.332. The Labute approximate surface area is 77.8 Å². The molecule has 13 heavy (non-hydrogen) atoms. The maximum atomic E-state index is 11.5. The Morgan fingerprint density at radius 2 is 2.31 bits per heavy atom. The monoisotopic (exact) mass is 181 g/mol. The van der Waals surface area contributed by atoms with Crippen molar-refractivity contribution in [1.29, 1.82) is 0 Å². The van der Waals surface area contributed by atoms with Gasteiger partial charge in [0.2, 0.25) is 0 Å². The summed E-state index contributed by atoms with van der Waals surface area (Å²) >= 11 is 0. The van der Waals surface area contributed by atoms with Gasteiger partial charge < -0.3 is 10.6 Å². The molecule has 1 saturated heterocycles. The van der Waals surface area contributed by atoms with Crippen molar-refractivity contribution < 1.29 is 4.79 Å². The second kappa shape index (κ2) is 2.47. The van der Waals surface area contributed by atoms with E-state index in [1.807, 2.05) is 4.90 Å². The lowest BCUT2D eigenvalue weighted by molar-refractivity contribution is -0.124. The van der Waals surface area contributed by atoms with Gasteiger partial charge in [0.15, 0.2) is 5.96 Å². The van der Waals surface area contributed by atoms with E-state index in [1.165, 1.54) is 0 Å². The number of carbonyl (C=O) groups excluding carboxylic acids is 1. The van der Waals surface area contributed by atoms with Gasteiger partial charge in [-0.25, -0.2) is 0 Å². The smallest absolute Gasteiger partial charge is 0.272 e. The molecule has 2 rings (SSSR count). The number of aliphatic imine (C=N–C) groups is 1. The summed E-state index contributed by atoms with van der Waals surface area (Å²) in [6, 6.07) is -0.110. The second-order valence-electron chi connectivity index (χ2n) is 4.50. The minimum Gasteiger partial charge on any atom is -0.369 e. The van der Waals surface area contributed by atoms with Gasteiger partial charge in [-0.2, -0.15) is 4.99 Å². The van der Waals surface area contributed by atoms with Crippen molar-refractivity contribution in [1.82, 2.24) is 4.90 Å².